The van der Waals surface area contributed by atoms with E-state index in [1.54, 1.807) is 24.3 Å². The van der Waals surface area contributed by atoms with Gasteiger partial charge in [0.2, 0.25) is 5.82 Å². The minimum absolute atomic E-state index is 0.00211. The number of hydrogen-bond donors (Lipinski definition) is 0. The lowest BCUT2D eigenvalue weighted by Gasteiger charge is -2.10. The Morgan fingerprint density at radius 1 is 1.12 bits per heavy atom. The molecular formula is C18H15FN2O5. The fraction of sp³-hybridized carbons (Fsp3) is 0.167. The number of carbonyl (C=O) groups excluding carboxylic acids is 1. The number of aromatic nitrogens is 2. The lowest BCUT2D eigenvalue weighted by molar-refractivity contribution is 0.0600. The quantitative estimate of drug-likeness (QED) is 0.625. The molecule has 0 aliphatic rings. The minimum Gasteiger partial charge on any atom is -0.493 e. The molecule has 3 rings (SSSR count). The Kier molecular flexibility index (Phi) is 5.12. The van der Waals surface area contributed by atoms with Crippen LogP contribution in [0.25, 0.3) is 11.4 Å². The Morgan fingerprint density at radius 3 is 2.58 bits per heavy atom. The van der Waals surface area contributed by atoms with Crippen molar-refractivity contribution in [1.82, 2.24) is 10.1 Å². The molecule has 0 N–H and O–H groups in total. The zero-order valence-electron chi connectivity index (χ0n) is 14.1. The van der Waals surface area contributed by atoms with Gasteiger partial charge in [-0.15, -0.1) is 0 Å². The van der Waals surface area contributed by atoms with Crippen LogP contribution in [0.3, 0.4) is 0 Å². The maximum atomic E-state index is 13.0. The first-order valence-corrected chi connectivity index (χ1v) is 7.58. The first-order valence-electron chi connectivity index (χ1n) is 7.58. The summed E-state index contributed by atoms with van der Waals surface area (Å²) in [5.41, 5.74) is 0.967. The van der Waals surface area contributed by atoms with Crippen LogP contribution in [0.5, 0.6) is 11.5 Å². The average Bonchev–Trinajstić information content (AvgIpc) is 3.15. The Labute approximate surface area is 148 Å². The SMILES string of the molecule is COC(=O)c1ccc(OCc2nc(-c3ccc(F)cc3)no2)c(OC)c1. The number of hydrogen-bond acceptors (Lipinski definition) is 7. The smallest absolute Gasteiger partial charge is 0.337 e. The highest BCUT2D eigenvalue weighted by Crippen LogP contribution is 2.29. The lowest BCUT2D eigenvalue weighted by Crippen LogP contribution is -2.03. The third-order valence-electron chi connectivity index (χ3n) is 3.51. The molecule has 26 heavy (non-hydrogen) atoms. The summed E-state index contributed by atoms with van der Waals surface area (Å²) in [6.45, 7) is 0.00211. The highest BCUT2D eigenvalue weighted by atomic mass is 19.1. The second-order valence-corrected chi connectivity index (χ2v) is 5.16. The van der Waals surface area contributed by atoms with Crippen molar-refractivity contribution in [2.75, 3.05) is 14.2 Å². The van der Waals surface area contributed by atoms with Gasteiger partial charge in [0.25, 0.3) is 5.89 Å². The Bertz CT molecular complexity index is 908. The van der Waals surface area contributed by atoms with Crippen LogP contribution in [-0.2, 0) is 11.3 Å². The van der Waals surface area contributed by atoms with E-state index in [0.717, 1.165) is 0 Å². The van der Waals surface area contributed by atoms with Crippen LogP contribution in [0.15, 0.2) is 47.0 Å². The zero-order chi connectivity index (χ0) is 18.5. The molecule has 134 valence electrons. The van der Waals surface area contributed by atoms with Crippen molar-refractivity contribution in [3.8, 4) is 22.9 Å². The first-order chi connectivity index (χ1) is 12.6. The van der Waals surface area contributed by atoms with Crippen molar-refractivity contribution in [3.05, 3.63) is 59.7 Å². The van der Waals surface area contributed by atoms with E-state index in [1.165, 1.54) is 32.4 Å². The number of halogens is 1. The summed E-state index contributed by atoms with van der Waals surface area (Å²) in [5, 5.41) is 3.84. The molecule has 0 aliphatic heterocycles. The molecule has 3 aromatic rings. The molecule has 0 amide bonds. The highest BCUT2D eigenvalue weighted by molar-refractivity contribution is 5.90. The van der Waals surface area contributed by atoms with Crippen molar-refractivity contribution in [2.24, 2.45) is 0 Å². The fourth-order valence-electron chi connectivity index (χ4n) is 2.20. The Hall–Kier alpha value is -3.42. The summed E-state index contributed by atoms with van der Waals surface area (Å²) < 4.78 is 33.6. The molecule has 2 aromatic carbocycles. The van der Waals surface area contributed by atoms with Gasteiger partial charge in [0.05, 0.1) is 19.8 Å². The number of nitrogens with zero attached hydrogens (tertiary/aromatic N) is 2. The molecule has 0 unspecified atom stereocenters. The monoisotopic (exact) mass is 358 g/mol. The van der Waals surface area contributed by atoms with Crippen molar-refractivity contribution < 1.29 is 27.9 Å². The average molecular weight is 358 g/mol. The number of methoxy groups -OCH3 is 2. The van der Waals surface area contributed by atoms with E-state index < -0.39 is 5.97 Å². The van der Waals surface area contributed by atoms with Gasteiger partial charge in [-0.05, 0) is 42.5 Å². The van der Waals surface area contributed by atoms with Crippen molar-refractivity contribution in [3.63, 3.8) is 0 Å². The van der Waals surface area contributed by atoms with Gasteiger partial charge in [-0.2, -0.15) is 4.98 Å². The fourth-order valence-corrected chi connectivity index (χ4v) is 2.20. The lowest BCUT2D eigenvalue weighted by atomic mass is 10.2. The molecular weight excluding hydrogens is 343 g/mol. The van der Waals surface area contributed by atoms with Crippen molar-refractivity contribution >= 4 is 5.97 Å². The van der Waals surface area contributed by atoms with E-state index in [9.17, 15) is 9.18 Å². The second-order valence-electron chi connectivity index (χ2n) is 5.16. The third kappa shape index (κ3) is 3.80. The van der Waals surface area contributed by atoms with Crippen LogP contribution in [0.1, 0.15) is 16.2 Å². The molecule has 1 aromatic heterocycles. The normalized spacial score (nSPS) is 10.4. The number of benzene rings is 2. The maximum absolute atomic E-state index is 13.0. The van der Waals surface area contributed by atoms with E-state index in [0.29, 0.717) is 28.5 Å². The van der Waals surface area contributed by atoms with Crippen molar-refractivity contribution in [1.29, 1.82) is 0 Å². The van der Waals surface area contributed by atoms with Crippen LogP contribution >= 0.6 is 0 Å². The summed E-state index contributed by atoms with van der Waals surface area (Å²) in [5.74, 6) is 0.520. The third-order valence-corrected chi connectivity index (χ3v) is 3.51. The number of carbonyl (C=O) groups is 1. The van der Waals surface area contributed by atoms with Crippen LogP contribution in [0, 0.1) is 5.82 Å². The van der Waals surface area contributed by atoms with Gasteiger partial charge < -0.3 is 18.7 Å². The molecule has 0 saturated heterocycles. The summed E-state index contributed by atoms with van der Waals surface area (Å²) in [4.78, 5) is 15.8. The van der Waals surface area contributed by atoms with Gasteiger partial charge in [0, 0.05) is 5.56 Å². The minimum atomic E-state index is -0.476. The largest absolute Gasteiger partial charge is 0.493 e. The number of ether oxygens (including phenoxy) is 3. The number of rotatable bonds is 6. The second kappa shape index (κ2) is 7.64. The van der Waals surface area contributed by atoms with Gasteiger partial charge in [0.1, 0.15) is 5.82 Å². The van der Waals surface area contributed by atoms with Crippen LogP contribution < -0.4 is 9.47 Å². The summed E-state index contributed by atoms with van der Waals surface area (Å²) in [7, 11) is 2.76. The highest BCUT2D eigenvalue weighted by Gasteiger charge is 2.14. The van der Waals surface area contributed by atoms with E-state index in [-0.39, 0.29) is 18.3 Å². The molecule has 7 nitrogen and oxygen atoms in total. The molecule has 0 spiro atoms. The van der Waals surface area contributed by atoms with Gasteiger partial charge in [-0.25, -0.2) is 9.18 Å². The molecule has 0 atom stereocenters. The summed E-state index contributed by atoms with van der Waals surface area (Å²) in [6, 6.07) is 10.4. The zero-order valence-corrected chi connectivity index (χ0v) is 14.1. The van der Waals surface area contributed by atoms with E-state index in [1.807, 2.05) is 0 Å². The van der Waals surface area contributed by atoms with Crippen LogP contribution in [0.4, 0.5) is 4.39 Å². The molecule has 0 bridgehead atoms. The molecule has 0 radical (unpaired) electrons. The van der Waals surface area contributed by atoms with Gasteiger partial charge in [-0.3, -0.25) is 0 Å². The predicted molar refractivity (Wildman–Crippen MR) is 88.4 cm³/mol. The molecule has 1 heterocycles. The Balaban J connectivity index is 1.71. The van der Waals surface area contributed by atoms with E-state index in [2.05, 4.69) is 14.9 Å². The van der Waals surface area contributed by atoms with E-state index in [4.69, 9.17) is 14.0 Å². The molecule has 0 aliphatic carbocycles. The Morgan fingerprint density at radius 2 is 1.88 bits per heavy atom. The summed E-state index contributed by atoms with van der Waals surface area (Å²) >= 11 is 0. The molecule has 8 heteroatoms. The van der Waals surface area contributed by atoms with Gasteiger partial charge in [-0.1, -0.05) is 5.16 Å². The van der Waals surface area contributed by atoms with Crippen LogP contribution in [-0.4, -0.2) is 30.3 Å². The molecule has 0 fully saturated rings. The topological polar surface area (TPSA) is 83.7 Å². The first kappa shape index (κ1) is 17.4. The standard InChI is InChI=1S/C18H15FN2O5/c1-23-15-9-12(18(22)24-2)5-8-14(15)25-10-16-20-17(21-26-16)11-3-6-13(19)7-4-11/h3-9H,10H2,1-2H3. The van der Waals surface area contributed by atoms with Crippen LogP contribution in [0.2, 0.25) is 0 Å². The maximum Gasteiger partial charge on any atom is 0.337 e. The van der Waals surface area contributed by atoms with E-state index >= 15 is 0 Å². The van der Waals surface area contributed by atoms with Crippen molar-refractivity contribution in [2.45, 2.75) is 6.61 Å². The predicted octanol–water partition coefficient (Wildman–Crippen LogP) is 3.25. The van der Waals surface area contributed by atoms with Gasteiger partial charge in [0.15, 0.2) is 18.1 Å². The summed E-state index contributed by atoms with van der Waals surface area (Å²) in [6.07, 6.45) is 0. The number of esters is 1. The molecule has 0 saturated carbocycles. The van der Waals surface area contributed by atoms with Gasteiger partial charge >= 0.3 is 5.97 Å².